The number of amidine groups is 1. The fourth-order valence-electron chi connectivity index (χ4n) is 0.669. The average molecular weight is 137 g/mol. The highest BCUT2D eigenvalue weighted by atomic mass is 14.8. The molecule has 1 fully saturated rings. The highest BCUT2D eigenvalue weighted by molar-refractivity contribution is 6.27. The number of nitrogens with two attached hydrogens (primary N) is 1. The number of aliphatic imine (C=N–C) groups is 1. The molecular formula is C7H11N3. The first kappa shape index (κ1) is 6.99. The molecule has 0 spiro atoms. The predicted octanol–water partition coefficient (Wildman–Crippen LogP) is 0.917. The number of hydrogen-bond donors (Lipinski definition) is 2. The van der Waals surface area contributed by atoms with E-state index < -0.39 is 0 Å². The summed E-state index contributed by atoms with van der Waals surface area (Å²) in [5, 5.41) is 6.71. The molecule has 0 aromatic carbocycles. The second kappa shape index (κ2) is 2.64. The second-order valence-corrected chi connectivity index (χ2v) is 2.51. The zero-order valence-corrected chi connectivity index (χ0v) is 5.96. The molecule has 1 saturated carbocycles. The topological polar surface area (TPSA) is 62.2 Å². The Hall–Kier alpha value is -1.12. The third-order valence-electron chi connectivity index (χ3n) is 1.54. The fraction of sp³-hybridized carbons (Fsp3) is 0.429. The van der Waals surface area contributed by atoms with Crippen LogP contribution in [0.25, 0.3) is 0 Å². The van der Waals surface area contributed by atoms with Crippen molar-refractivity contribution in [1.29, 1.82) is 5.41 Å². The van der Waals surface area contributed by atoms with Gasteiger partial charge in [-0.2, -0.15) is 0 Å². The quantitative estimate of drug-likeness (QED) is 0.431. The smallest absolute Gasteiger partial charge is 0.141 e. The third-order valence-corrected chi connectivity index (χ3v) is 1.54. The summed E-state index contributed by atoms with van der Waals surface area (Å²) in [6.07, 6.45) is 3.93. The molecule has 1 aliphatic rings. The van der Waals surface area contributed by atoms with Crippen molar-refractivity contribution in [2.75, 3.05) is 0 Å². The largest absolute Gasteiger partial charge is 0.382 e. The van der Waals surface area contributed by atoms with Crippen molar-refractivity contribution in [3.63, 3.8) is 0 Å². The van der Waals surface area contributed by atoms with Crippen LogP contribution in [0.3, 0.4) is 0 Å². The molecule has 1 aliphatic carbocycles. The van der Waals surface area contributed by atoms with Gasteiger partial charge >= 0.3 is 0 Å². The lowest BCUT2D eigenvalue weighted by atomic mass is 10.5. The van der Waals surface area contributed by atoms with Gasteiger partial charge in [0.2, 0.25) is 0 Å². The molecule has 0 aliphatic heterocycles. The molecule has 0 amide bonds. The van der Waals surface area contributed by atoms with E-state index in [2.05, 4.69) is 11.9 Å². The summed E-state index contributed by atoms with van der Waals surface area (Å²) in [5.74, 6) is 0.953. The van der Waals surface area contributed by atoms with Crippen LogP contribution < -0.4 is 5.73 Å². The SMILES string of the molecule is CC1C/C1=C/N=C(N)C=N. The van der Waals surface area contributed by atoms with Crippen LogP contribution in [0.1, 0.15) is 13.3 Å². The maximum absolute atomic E-state index is 6.71. The molecule has 0 aromatic heterocycles. The molecule has 0 heterocycles. The van der Waals surface area contributed by atoms with Crippen LogP contribution >= 0.6 is 0 Å². The van der Waals surface area contributed by atoms with E-state index in [1.807, 2.05) is 0 Å². The lowest BCUT2D eigenvalue weighted by molar-refractivity contribution is 1.02. The van der Waals surface area contributed by atoms with Crippen molar-refractivity contribution in [2.45, 2.75) is 13.3 Å². The molecule has 3 nitrogen and oxygen atoms in total. The van der Waals surface area contributed by atoms with Gasteiger partial charge in [0, 0.05) is 6.20 Å². The second-order valence-electron chi connectivity index (χ2n) is 2.51. The van der Waals surface area contributed by atoms with Gasteiger partial charge in [-0.25, -0.2) is 4.99 Å². The Morgan fingerprint density at radius 2 is 2.50 bits per heavy atom. The number of hydrogen-bond acceptors (Lipinski definition) is 2. The van der Waals surface area contributed by atoms with E-state index in [0.29, 0.717) is 5.92 Å². The van der Waals surface area contributed by atoms with Crippen LogP contribution in [0.15, 0.2) is 16.8 Å². The van der Waals surface area contributed by atoms with Gasteiger partial charge in [0.25, 0.3) is 0 Å². The molecule has 0 aromatic rings. The first-order valence-corrected chi connectivity index (χ1v) is 3.26. The Labute approximate surface area is 60.2 Å². The van der Waals surface area contributed by atoms with Gasteiger partial charge in [-0.05, 0) is 17.9 Å². The van der Waals surface area contributed by atoms with Gasteiger partial charge in [0.05, 0.1) is 6.21 Å². The van der Waals surface area contributed by atoms with E-state index in [1.165, 1.54) is 5.57 Å². The normalized spacial score (nSPS) is 28.7. The third kappa shape index (κ3) is 1.69. The summed E-state index contributed by atoms with van der Waals surface area (Å²) >= 11 is 0. The molecule has 0 bridgehead atoms. The van der Waals surface area contributed by atoms with Gasteiger partial charge < -0.3 is 11.1 Å². The molecule has 3 N–H and O–H groups in total. The average Bonchev–Trinajstić information content (AvgIpc) is 2.61. The number of allylic oxidation sites excluding steroid dienone is 1. The molecular weight excluding hydrogens is 126 g/mol. The number of nitrogens with zero attached hydrogens (tertiary/aromatic N) is 1. The van der Waals surface area contributed by atoms with Crippen LogP contribution in [0.4, 0.5) is 0 Å². The van der Waals surface area contributed by atoms with Crippen molar-refractivity contribution in [3.8, 4) is 0 Å². The molecule has 1 atom stereocenters. The van der Waals surface area contributed by atoms with E-state index in [0.717, 1.165) is 12.6 Å². The Kier molecular flexibility index (Phi) is 1.85. The summed E-state index contributed by atoms with van der Waals surface area (Å²) < 4.78 is 0. The van der Waals surface area contributed by atoms with Crippen molar-refractivity contribution < 1.29 is 0 Å². The first-order valence-electron chi connectivity index (χ1n) is 3.26. The van der Waals surface area contributed by atoms with Gasteiger partial charge in [0.15, 0.2) is 0 Å². The zero-order valence-electron chi connectivity index (χ0n) is 5.96. The minimum Gasteiger partial charge on any atom is -0.382 e. The predicted molar refractivity (Wildman–Crippen MR) is 42.3 cm³/mol. The van der Waals surface area contributed by atoms with Crippen molar-refractivity contribution >= 4 is 12.1 Å². The summed E-state index contributed by atoms with van der Waals surface area (Å²) in [6.45, 7) is 2.14. The van der Waals surface area contributed by atoms with E-state index in [9.17, 15) is 0 Å². The lowest BCUT2D eigenvalue weighted by Crippen LogP contribution is -2.10. The van der Waals surface area contributed by atoms with Crippen LogP contribution in [0, 0.1) is 11.3 Å². The highest BCUT2D eigenvalue weighted by Crippen LogP contribution is 2.36. The van der Waals surface area contributed by atoms with Gasteiger partial charge in [0.1, 0.15) is 5.84 Å². The Bertz CT molecular complexity index is 203. The minimum atomic E-state index is 0.270. The lowest BCUT2D eigenvalue weighted by Gasteiger charge is -1.82. The summed E-state index contributed by atoms with van der Waals surface area (Å²) in [4.78, 5) is 3.84. The van der Waals surface area contributed by atoms with Gasteiger partial charge in [-0.1, -0.05) is 6.92 Å². The molecule has 54 valence electrons. The van der Waals surface area contributed by atoms with Crippen LogP contribution in [-0.2, 0) is 0 Å². The monoisotopic (exact) mass is 137 g/mol. The Morgan fingerprint density at radius 1 is 1.90 bits per heavy atom. The summed E-state index contributed by atoms with van der Waals surface area (Å²) in [5.41, 5.74) is 6.58. The van der Waals surface area contributed by atoms with Crippen molar-refractivity contribution in [2.24, 2.45) is 16.6 Å². The van der Waals surface area contributed by atoms with E-state index >= 15 is 0 Å². The standard InChI is InChI=1S/C7H11N3/c1-5-2-6(5)4-10-7(9)3-8/h3-5,8H,2H2,1H3,(H2,9,10)/b6-4-,8-3?. The van der Waals surface area contributed by atoms with Crippen molar-refractivity contribution in [3.05, 3.63) is 11.8 Å². The zero-order chi connectivity index (χ0) is 7.56. The van der Waals surface area contributed by atoms with Gasteiger partial charge in [-0.15, -0.1) is 0 Å². The molecule has 0 saturated heterocycles. The van der Waals surface area contributed by atoms with E-state index in [-0.39, 0.29) is 5.84 Å². The molecule has 0 radical (unpaired) electrons. The maximum Gasteiger partial charge on any atom is 0.141 e. The first-order chi connectivity index (χ1) is 4.74. The van der Waals surface area contributed by atoms with Crippen LogP contribution in [0.5, 0.6) is 0 Å². The molecule has 1 unspecified atom stereocenters. The number of rotatable bonds is 2. The number of nitrogens with one attached hydrogen (secondary N) is 1. The molecule has 3 heteroatoms. The molecule has 10 heavy (non-hydrogen) atoms. The van der Waals surface area contributed by atoms with Crippen LogP contribution in [0.2, 0.25) is 0 Å². The summed E-state index contributed by atoms with van der Waals surface area (Å²) in [6, 6.07) is 0. The summed E-state index contributed by atoms with van der Waals surface area (Å²) in [7, 11) is 0. The van der Waals surface area contributed by atoms with Gasteiger partial charge in [-0.3, -0.25) is 0 Å². The fourth-order valence-corrected chi connectivity index (χ4v) is 0.669. The van der Waals surface area contributed by atoms with E-state index in [4.69, 9.17) is 11.1 Å². The Morgan fingerprint density at radius 3 is 2.90 bits per heavy atom. The van der Waals surface area contributed by atoms with Crippen molar-refractivity contribution in [1.82, 2.24) is 0 Å². The Balaban J connectivity index is 2.48. The molecule has 1 rings (SSSR count). The highest BCUT2D eigenvalue weighted by Gasteiger charge is 2.23. The van der Waals surface area contributed by atoms with E-state index in [1.54, 1.807) is 6.20 Å². The van der Waals surface area contributed by atoms with Crippen LogP contribution in [-0.4, -0.2) is 12.1 Å². The maximum atomic E-state index is 6.71. The minimum absolute atomic E-state index is 0.270.